The van der Waals surface area contributed by atoms with E-state index >= 15 is 0 Å². The lowest BCUT2D eigenvalue weighted by Crippen LogP contribution is -2.29. The van der Waals surface area contributed by atoms with Gasteiger partial charge in [-0.2, -0.15) is 0 Å². The van der Waals surface area contributed by atoms with Gasteiger partial charge in [-0.3, -0.25) is 0 Å². The van der Waals surface area contributed by atoms with Crippen LogP contribution < -0.4 is 5.32 Å². The zero-order valence-electron chi connectivity index (χ0n) is 8.92. The van der Waals surface area contributed by atoms with Crippen LogP contribution in [-0.2, 0) is 6.54 Å². The first-order valence-corrected chi connectivity index (χ1v) is 4.88. The smallest absolute Gasteiger partial charge is 0.117 e. The van der Waals surface area contributed by atoms with Crippen LogP contribution in [0.5, 0.6) is 0 Å². The normalized spacial score (nSPS) is 13.6. The van der Waals surface area contributed by atoms with Crippen LogP contribution in [0.2, 0.25) is 0 Å². The van der Waals surface area contributed by atoms with Crippen molar-refractivity contribution in [3.63, 3.8) is 0 Å². The molecule has 13 heavy (non-hydrogen) atoms. The molecule has 0 saturated carbocycles. The highest BCUT2D eigenvalue weighted by atomic mass is 16.3. The Labute approximate surface area is 80.3 Å². The Morgan fingerprint density at radius 2 is 2.00 bits per heavy atom. The molecule has 0 saturated heterocycles. The number of hydrogen-bond donors (Lipinski definition) is 1. The average molecular weight is 181 g/mol. The molecule has 74 valence electrons. The zero-order chi connectivity index (χ0) is 9.84. The van der Waals surface area contributed by atoms with Gasteiger partial charge in [0.1, 0.15) is 11.5 Å². The molecule has 2 nitrogen and oxygen atoms in total. The molecule has 0 aliphatic carbocycles. The molecule has 0 fully saturated rings. The molecule has 1 atom stereocenters. The fourth-order valence-electron chi connectivity index (χ4n) is 1.08. The van der Waals surface area contributed by atoms with E-state index in [9.17, 15) is 0 Å². The Hall–Kier alpha value is -0.760. The third kappa shape index (κ3) is 3.23. The maximum Gasteiger partial charge on any atom is 0.117 e. The van der Waals surface area contributed by atoms with E-state index in [1.807, 2.05) is 19.1 Å². The second kappa shape index (κ2) is 4.47. The van der Waals surface area contributed by atoms with Gasteiger partial charge in [0.25, 0.3) is 0 Å². The fraction of sp³-hybridized carbons (Fsp3) is 0.636. The molecule has 0 aromatic carbocycles. The Kier molecular flexibility index (Phi) is 3.55. The molecular weight excluding hydrogens is 162 g/mol. The van der Waals surface area contributed by atoms with Gasteiger partial charge in [0.15, 0.2) is 0 Å². The van der Waals surface area contributed by atoms with E-state index < -0.39 is 0 Å². The molecule has 0 radical (unpaired) electrons. The van der Waals surface area contributed by atoms with Gasteiger partial charge in [-0.25, -0.2) is 0 Å². The van der Waals surface area contributed by atoms with Crippen molar-refractivity contribution < 1.29 is 4.42 Å². The van der Waals surface area contributed by atoms with E-state index in [1.165, 1.54) is 0 Å². The van der Waals surface area contributed by atoms with E-state index in [2.05, 4.69) is 26.1 Å². The van der Waals surface area contributed by atoms with Gasteiger partial charge < -0.3 is 9.73 Å². The maximum absolute atomic E-state index is 5.45. The molecule has 1 aromatic rings. The van der Waals surface area contributed by atoms with E-state index in [1.54, 1.807) is 0 Å². The van der Waals surface area contributed by atoms with Crippen LogP contribution in [0.1, 0.15) is 32.3 Å². The van der Waals surface area contributed by atoms with Crippen LogP contribution in [-0.4, -0.2) is 6.04 Å². The summed E-state index contributed by atoms with van der Waals surface area (Å²) in [5.74, 6) is 2.66. The maximum atomic E-state index is 5.45. The van der Waals surface area contributed by atoms with E-state index in [0.29, 0.717) is 12.0 Å². The summed E-state index contributed by atoms with van der Waals surface area (Å²) < 4.78 is 5.45. The van der Waals surface area contributed by atoms with Crippen molar-refractivity contribution in [2.45, 2.75) is 40.3 Å². The van der Waals surface area contributed by atoms with Crippen molar-refractivity contribution in [2.75, 3.05) is 0 Å². The van der Waals surface area contributed by atoms with Crippen molar-refractivity contribution in [3.05, 3.63) is 23.7 Å². The van der Waals surface area contributed by atoms with Crippen molar-refractivity contribution in [1.82, 2.24) is 5.32 Å². The van der Waals surface area contributed by atoms with E-state index in [4.69, 9.17) is 4.42 Å². The lowest BCUT2D eigenvalue weighted by atomic mass is 10.1. The molecule has 0 aliphatic rings. The first kappa shape index (κ1) is 10.3. The molecular formula is C11H19NO. The third-order valence-corrected chi connectivity index (χ3v) is 2.39. The van der Waals surface area contributed by atoms with Crippen molar-refractivity contribution in [2.24, 2.45) is 5.92 Å². The molecule has 0 bridgehead atoms. The number of hydrogen-bond acceptors (Lipinski definition) is 2. The lowest BCUT2D eigenvalue weighted by molar-refractivity contribution is 0.391. The fourth-order valence-corrected chi connectivity index (χ4v) is 1.08. The highest BCUT2D eigenvalue weighted by molar-refractivity contribution is 5.05. The van der Waals surface area contributed by atoms with Gasteiger partial charge >= 0.3 is 0 Å². The standard InChI is InChI=1S/C11H19NO/c1-8(2)10(4)12-7-11-6-5-9(3)13-11/h5-6,8,10,12H,7H2,1-4H3/t10-/m0/s1. The number of furan rings is 1. The van der Waals surface area contributed by atoms with Gasteiger partial charge in [-0.05, 0) is 31.9 Å². The lowest BCUT2D eigenvalue weighted by Gasteiger charge is -2.16. The largest absolute Gasteiger partial charge is 0.465 e. The Bertz CT molecular complexity index is 252. The Balaban J connectivity index is 2.35. The number of nitrogens with one attached hydrogen (secondary N) is 1. The van der Waals surface area contributed by atoms with Gasteiger partial charge in [-0.1, -0.05) is 13.8 Å². The number of aryl methyl sites for hydroxylation is 1. The summed E-state index contributed by atoms with van der Waals surface area (Å²) >= 11 is 0. The van der Waals surface area contributed by atoms with Gasteiger partial charge in [0, 0.05) is 6.04 Å². The Morgan fingerprint density at radius 1 is 1.31 bits per heavy atom. The summed E-state index contributed by atoms with van der Waals surface area (Å²) in [6.45, 7) is 9.42. The predicted octanol–water partition coefficient (Wildman–Crippen LogP) is 2.72. The zero-order valence-corrected chi connectivity index (χ0v) is 8.92. The first-order chi connectivity index (χ1) is 6.09. The molecule has 0 amide bonds. The summed E-state index contributed by atoms with van der Waals surface area (Å²) in [7, 11) is 0. The van der Waals surface area contributed by atoms with Crippen molar-refractivity contribution in [3.8, 4) is 0 Å². The van der Waals surface area contributed by atoms with Crippen LogP contribution in [0.15, 0.2) is 16.5 Å². The molecule has 1 aromatic heterocycles. The average Bonchev–Trinajstić information content (AvgIpc) is 2.47. The molecule has 1 heterocycles. The van der Waals surface area contributed by atoms with Crippen molar-refractivity contribution >= 4 is 0 Å². The first-order valence-electron chi connectivity index (χ1n) is 4.88. The minimum Gasteiger partial charge on any atom is -0.465 e. The monoisotopic (exact) mass is 181 g/mol. The van der Waals surface area contributed by atoms with Crippen LogP contribution in [0, 0.1) is 12.8 Å². The molecule has 2 heteroatoms. The highest BCUT2D eigenvalue weighted by Crippen LogP contribution is 2.07. The predicted molar refractivity (Wildman–Crippen MR) is 54.6 cm³/mol. The summed E-state index contributed by atoms with van der Waals surface area (Å²) in [5, 5.41) is 3.42. The van der Waals surface area contributed by atoms with E-state index in [-0.39, 0.29) is 0 Å². The second-order valence-corrected chi connectivity index (χ2v) is 3.93. The Morgan fingerprint density at radius 3 is 2.46 bits per heavy atom. The molecule has 0 unspecified atom stereocenters. The summed E-state index contributed by atoms with van der Waals surface area (Å²) in [6.07, 6.45) is 0. The summed E-state index contributed by atoms with van der Waals surface area (Å²) in [5.41, 5.74) is 0. The summed E-state index contributed by atoms with van der Waals surface area (Å²) in [4.78, 5) is 0. The molecule has 0 aliphatic heterocycles. The minimum absolute atomic E-state index is 0.533. The quantitative estimate of drug-likeness (QED) is 0.772. The van der Waals surface area contributed by atoms with Crippen LogP contribution >= 0.6 is 0 Å². The topological polar surface area (TPSA) is 25.2 Å². The SMILES string of the molecule is Cc1ccc(CN[C@@H](C)C(C)C)o1. The second-order valence-electron chi connectivity index (χ2n) is 3.93. The minimum atomic E-state index is 0.533. The van der Waals surface area contributed by atoms with Crippen LogP contribution in [0.4, 0.5) is 0 Å². The van der Waals surface area contributed by atoms with Crippen molar-refractivity contribution in [1.29, 1.82) is 0 Å². The third-order valence-electron chi connectivity index (χ3n) is 2.39. The highest BCUT2D eigenvalue weighted by Gasteiger charge is 2.06. The van der Waals surface area contributed by atoms with Gasteiger partial charge in [0.2, 0.25) is 0 Å². The number of rotatable bonds is 4. The molecule has 1 rings (SSSR count). The van der Waals surface area contributed by atoms with Crippen LogP contribution in [0.25, 0.3) is 0 Å². The van der Waals surface area contributed by atoms with Gasteiger partial charge in [-0.15, -0.1) is 0 Å². The molecule has 0 spiro atoms. The summed E-state index contributed by atoms with van der Waals surface area (Å²) in [6, 6.07) is 4.55. The van der Waals surface area contributed by atoms with Gasteiger partial charge in [0.05, 0.1) is 6.54 Å². The molecule has 1 N–H and O–H groups in total. The van der Waals surface area contributed by atoms with E-state index in [0.717, 1.165) is 18.1 Å². The van der Waals surface area contributed by atoms with Crippen LogP contribution in [0.3, 0.4) is 0 Å².